The van der Waals surface area contributed by atoms with Gasteiger partial charge >= 0.3 is 0 Å². The molecule has 0 aromatic heterocycles. The van der Waals surface area contributed by atoms with E-state index >= 15 is 0 Å². The van der Waals surface area contributed by atoms with E-state index in [0.29, 0.717) is 6.42 Å². The molecule has 0 aromatic carbocycles. The van der Waals surface area contributed by atoms with Gasteiger partial charge in [0, 0.05) is 0 Å². The van der Waals surface area contributed by atoms with Gasteiger partial charge in [0.15, 0.2) is 0 Å². The number of hydrogen-bond donors (Lipinski definition) is 1. The fourth-order valence-corrected chi connectivity index (χ4v) is 0.559. The van der Waals surface area contributed by atoms with Gasteiger partial charge in [0.2, 0.25) is 5.91 Å². The summed E-state index contributed by atoms with van der Waals surface area (Å²) in [6, 6.07) is 1.83. The fraction of sp³-hybridized carbons (Fsp3) is 0.667. The summed E-state index contributed by atoms with van der Waals surface area (Å²) in [5.41, 5.74) is 4.87. The molecular weight excluding hydrogens is 116 g/mol. The van der Waals surface area contributed by atoms with Crippen LogP contribution in [0.15, 0.2) is 0 Å². The Labute approximate surface area is 54.5 Å². The summed E-state index contributed by atoms with van der Waals surface area (Å²) < 4.78 is 0. The van der Waals surface area contributed by atoms with Crippen molar-refractivity contribution in [3.05, 3.63) is 0 Å². The molecular formula is C6H10N2O. The quantitative estimate of drug-likeness (QED) is 0.595. The molecule has 3 nitrogen and oxygen atoms in total. The first-order valence-corrected chi connectivity index (χ1v) is 2.91. The SMILES string of the molecule is CCCC(C#N)C(N)=O. The van der Waals surface area contributed by atoms with Crippen LogP contribution >= 0.6 is 0 Å². The van der Waals surface area contributed by atoms with E-state index in [2.05, 4.69) is 0 Å². The Hall–Kier alpha value is -1.04. The largest absolute Gasteiger partial charge is 0.369 e. The maximum absolute atomic E-state index is 10.3. The minimum atomic E-state index is -0.588. The van der Waals surface area contributed by atoms with Crippen LogP contribution in [0.3, 0.4) is 0 Å². The molecule has 0 aromatic rings. The van der Waals surface area contributed by atoms with E-state index in [1.807, 2.05) is 13.0 Å². The van der Waals surface area contributed by atoms with E-state index in [-0.39, 0.29) is 0 Å². The minimum absolute atomic E-state index is 0.514. The van der Waals surface area contributed by atoms with Crippen molar-refractivity contribution in [2.75, 3.05) is 0 Å². The number of nitrogens with two attached hydrogens (primary N) is 1. The first-order chi connectivity index (χ1) is 4.22. The second kappa shape index (κ2) is 3.90. The van der Waals surface area contributed by atoms with Crippen molar-refractivity contribution in [1.29, 1.82) is 5.26 Å². The van der Waals surface area contributed by atoms with Crippen molar-refractivity contribution >= 4 is 5.91 Å². The van der Waals surface area contributed by atoms with E-state index in [9.17, 15) is 4.79 Å². The number of carbonyl (C=O) groups excluding carboxylic acids is 1. The summed E-state index contributed by atoms with van der Waals surface area (Å²) in [5.74, 6) is -1.10. The Morgan fingerprint density at radius 2 is 2.44 bits per heavy atom. The van der Waals surface area contributed by atoms with Gasteiger partial charge < -0.3 is 5.73 Å². The topological polar surface area (TPSA) is 66.9 Å². The number of amides is 1. The molecule has 0 bridgehead atoms. The highest BCUT2D eigenvalue weighted by atomic mass is 16.1. The number of nitrogens with zero attached hydrogens (tertiary/aromatic N) is 1. The molecule has 0 radical (unpaired) electrons. The van der Waals surface area contributed by atoms with Crippen molar-refractivity contribution in [3.8, 4) is 6.07 Å². The van der Waals surface area contributed by atoms with Crippen LogP contribution in [-0.2, 0) is 4.79 Å². The minimum Gasteiger partial charge on any atom is -0.369 e. The van der Waals surface area contributed by atoms with Gasteiger partial charge in [-0.15, -0.1) is 0 Å². The van der Waals surface area contributed by atoms with Gasteiger partial charge in [0.1, 0.15) is 5.92 Å². The molecule has 0 spiro atoms. The van der Waals surface area contributed by atoms with Gasteiger partial charge in [-0.25, -0.2) is 0 Å². The molecule has 2 N–H and O–H groups in total. The molecule has 0 saturated heterocycles. The average molecular weight is 126 g/mol. The van der Waals surface area contributed by atoms with Gasteiger partial charge in [-0.2, -0.15) is 5.26 Å². The number of carbonyl (C=O) groups is 1. The molecule has 0 aliphatic rings. The number of hydrogen-bond acceptors (Lipinski definition) is 2. The normalized spacial score (nSPS) is 12.0. The van der Waals surface area contributed by atoms with Crippen LogP contribution in [0.25, 0.3) is 0 Å². The molecule has 0 aliphatic carbocycles. The number of nitriles is 1. The Balaban J connectivity index is 3.72. The van der Waals surface area contributed by atoms with E-state index in [4.69, 9.17) is 11.0 Å². The van der Waals surface area contributed by atoms with Crippen molar-refractivity contribution < 1.29 is 4.79 Å². The summed E-state index contributed by atoms with van der Waals surface area (Å²) >= 11 is 0. The molecule has 3 heteroatoms. The summed E-state index contributed by atoms with van der Waals surface area (Å²) in [6.07, 6.45) is 1.40. The second-order valence-corrected chi connectivity index (χ2v) is 1.87. The molecule has 1 amide bonds. The van der Waals surface area contributed by atoms with E-state index < -0.39 is 11.8 Å². The maximum atomic E-state index is 10.3. The highest BCUT2D eigenvalue weighted by Crippen LogP contribution is 2.02. The summed E-state index contributed by atoms with van der Waals surface area (Å²) in [6.45, 7) is 1.91. The average Bonchev–Trinajstić information content (AvgIpc) is 1.82. The first-order valence-electron chi connectivity index (χ1n) is 2.91. The zero-order valence-corrected chi connectivity index (χ0v) is 5.42. The molecule has 1 atom stereocenters. The van der Waals surface area contributed by atoms with Crippen LogP contribution in [0, 0.1) is 17.2 Å². The monoisotopic (exact) mass is 126 g/mol. The van der Waals surface area contributed by atoms with Crippen LogP contribution in [0.2, 0.25) is 0 Å². The zero-order valence-electron chi connectivity index (χ0n) is 5.42. The van der Waals surface area contributed by atoms with Crippen molar-refractivity contribution in [3.63, 3.8) is 0 Å². The third kappa shape index (κ3) is 2.70. The lowest BCUT2D eigenvalue weighted by Gasteiger charge is -1.98. The highest BCUT2D eigenvalue weighted by Gasteiger charge is 2.11. The molecule has 0 fully saturated rings. The van der Waals surface area contributed by atoms with Gasteiger partial charge in [0.05, 0.1) is 6.07 Å². The molecule has 1 unspecified atom stereocenters. The summed E-state index contributed by atoms with van der Waals surface area (Å²) in [7, 11) is 0. The van der Waals surface area contributed by atoms with Crippen molar-refractivity contribution in [2.24, 2.45) is 11.7 Å². The third-order valence-corrected chi connectivity index (χ3v) is 1.08. The van der Waals surface area contributed by atoms with Crippen LogP contribution in [-0.4, -0.2) is 5.91 Å². The van der Waals surface area contributed by atoms with Gasteiger partial charge in [0.25, 0.3) is 0 Å². The number of primary amides is 1. The van der Waals surface area contributed by atoms with Crippen molar-refractivity contribution in [1.82, 2.24) is 0 Å². The predicted molar refractivity (Wildman–Crippen MR) is 33.2 cm³/mol. The first kappa shape index (κ1) is 7.96. The Morgan fingerprint density at radius 1 is 1.89 bits per heavy atom. The Kier molecular flexibility index (Phi) is 3.45. The van der Waals surface area contributed by atoms with E-state index in [1.54, 1.807) is 0 Å². The predicted octanol–water partition coefficient (Wildman–Crippen LogP) is 0.412. The molecule has 0 heterocycles. The smallest absolute Gasteiger partial charge is 0.234 e. The van der Waals surface area contributed by atoms with E-state index in [1.165, 1.54) is 0 Å². The van der Waals surface area contributed by atoms with Crippen molar-refractivity contribution in [2.45, 2.75) is 19.8 Å². The zero-order chi connectivity index (χ0) is 7.28. The standard InChI is InChI=1S/C6H10N2O/c1-2-3-5(4-7)6(8)9/h5H,2-3H2,1H3,(H2,8,9). The lowest BCUT2D eigenvalue weighted by molar-refractivity contribution is -0.120. The molecule has 0 rings (SSSR count). The summed E-state index contributed by atoms with van der Waals surface area (Å²) in [5, 5.41) is 8.28. The molecule has 9 heavy (non-hydrogen) atoms. The Morgan fingerprint density at radius 3 is 2.56 bits per heavy atom. The molecule has 0 aliphatic heterocycles. The lowest BCUT2D eigenvalue weighted by Crippen LogP contribution is -2.21. The molecule has 50 valence electrons. The van der Waals surface area contributed by atoms with E-state index in [0.717, 1.165) is 6.42 Å². The van der Waals surface area contributed by atoms with Crippen LogP contribution in [0.5, 0.6) is 0 Å². The van der Waals surface area contributed by atoms with Gasteiger partial charge in [-0.3, -0.25) is 4.79 Å². The van der Waals surface area contributed by atoms with Crippen LogP contribution in [0.4, 0.5) is 0 Å². The van der Waals surface area contributed by atoms with Crippen LogP contribution in [0.1, 0.15) is 19.8 Å². The van der Waals surface area contributed by atoms with Gasteiger partial charge in [-0.05, 0) is 6.42 Å². The van der Waals surface area contributed by atoms with Gasteiger partial charge in [-0.1, -0.05) is 13.3 Å². The fourth-order valence-electron chi connectivity index (χ4n) is 0.559. The van der Waals surface area contributed by atoms with Crippen LogP contribution < -0.4 is 5.73 Å². The molecule has 0 saturated carbocycles. The summed E-state index contributed by atoms with van der Waals surface area (Å²) in [4.78, 5) is 10.3. The second-order valence-electron chi connectivity index (χ2n) is 1.87. The lowest BCUT2D eigenvalue weighted by atomic mass is 10.1. The number of rotatable bonds is 3. The maximum Gasteiger partial charge on any atom is 0.234 e. The third-order valence-electron chi connectivity index (χ3n) is 1.08. The Bertz CT molecular complexity index is 136. The highest BCUT2D eigenvalue weighted by molar-refractivity contribution is 5.79.